The Balaban J connectivity index is 1.40. The zero-order chi connectivity index (χ0) is 27.0. The summed E-state index contributed by atoms with van der Waals surface area (Å²) in [5.74, 6) is 2.43. The van der Waals surface area contributed by atoms with Crippen LogP contribution >= 0.6 is 11.6 Å². The van der Waals surface area contributed by atoms with Gasteiger partial charge in [0.1, 0.15) is 18.8 Å². The molecule has 38 heavy (non-hydrogen) atoms. The van der Waals surface area contributed by atoms with E-state index in [1.165, 1.54) is 6.33 Å². The average molecular weight is 536 g/mol. The number of fused-ring (bicyclic) bond motifs is 1. The van der Waals surface area contributed by atoms with Gasteiger partial charge >= 0.3 is 0 Å². The maximum atomic E-state index is 6.04. The molecule has 0 aliphatic heterocycles. The number of halogens is 1. The molecule has 4 rings (SSSR count). The molecule has 2 N–H and O–H groups in total. The minimum Gasteiger partial charge on any atom is -0.493 e. The minimum atomic E-state index is 0.126. The Morgan fingerprint density at radius 1 is 0.974 bits per heavy atom. The molecule has 0 aliphatic rings. The molecule has 2 aromatic carbocycles. The Kier molecular flexibility index (Phi) is 9.20. The fourth-order valence-electron chi connectivity index (χ4n) is 3.70. The molecule has 8 nitrogen and oxygen atoms in total. The van der Waals surface area contributed by atoms with Crippen molar-refractivity contribution in [2.45, 2.75) is 45.8 Å². The summed E-state index contributed by atoms with van der Waals surface area (Å²) in [5.41, 5.74) is 2.61. The van der Waals surface area contributed by atoms with Crippen LogP contribution in [0.5, 0.6) is 17.4 Å². The molecular weight excluding hydrogens is 502 g/mol. The summed E-state index contributed by atoms with van der Waals surface area (Å²) in [7, 11) is 1.63. The lowest BCUT2D eigenvalue weighted by molar-refractivity contribution is 0.277. The third kappa shape index (κ3) is 7.46. The van der Waals surface area contributed by atoms with Gasteiger partial charge in [-0.05, 0) is 63.1 Å². The second kappa shape index (κ2) is 12.8. The van der Waals surface area contributed by atoms with Crippen molar-refractivity contribution < 1.29 is 14.2 Å². The number of aromatic nitrogens is 3. The molecule has 9 heteroatoms. The van der Waals surface area contributed by atoms with Crippen LogP contribution in [0.3, 0.4) is 0 Å². The lowest BCUT2D eigenvalue weighted by atomic mass is 10.0. The maximum Gasteiger partial charge on any atom is 0.213 e. The Morgan fingerprint density at radius 2 is 1.84 bits per heavy atom. The first kappa shape index (κ1) is 27.4. The molecule has 0 atom stereocenters. The van der Waals surface area contributed by atoms with Crippen LogP contribution in [0.15, 0.2) is 61.1 Å². The van der Waals surface area contributed by atoms with Gasteiger partial charge < -0.3 is 24.8 Å². The number of ether oxygens (including phenoxy) is 3. The van der Waals surface area contributed by atoms with E-state index < -0.39 is 0 Å². The largest absolute Gasteiger partial charge is 0.493 e. The van der Waals surface area contributed by atoms with Crippen LogP contribution in [-0.2, 0) is 6.61 Å². The molecule has 0 spiro atoms. The van der Waals surface area contributed by atoms with E-state index in [4.69, 9.17) is 25.8 Å². The first-order valence-corrected chi connectivity index (χ1v) is 13.1. The summed E-state index contributed by atoms with van der Waals surface area (Å²) < 4.78 is 17.4. The van der Waals surface area contributed by atoms with Crippen molar-refractivity contribution in [1.82, 2.24) is 20.3 Å². The van der Waals surface area contributed by atoms with Crippen LogP contribution < -0.4 is 24.8 Å². The molecule has 0 saturated carbocycles. The summed E-state index contributed by atoms with van der Waals surface area (Å²) in [6, 6.07) is 15.0. The van der Waals surface area contributed by atoms with Gasteiger partial charge in [0.25, 0.3) is 0 Å². The number of benzene rings is 2. The van der Waals surface area contributed by atoms with E-state index in [9.17, 15) is 0 Å². The highest BCUT2D eigenvalue weighted by molar-refractivity contribution is 6.30. The number of anilines is 2. The van der Waals surface area contributed by atoms with E-state index in [2.05, 4.69) is 46.4 Å². The van der Waals surface area contributed by atoms with E-state index in [1.807, 2.05) is 42.5 Å². The Hall–Kier alpha value is -3.62. The minimum absolute atomic E-state index is 0.126. The van der Waals surface area contributed by atoms with Crippen molar-refractivity contribution in [3.8, 4) is 17.4 Å². The van der Waals surface area contributed by atoms with Gasteiger partial charge in [0.05, 0.1) is 31.1 Å². The van der Waals surface area contributed by atoms with Gasteiger partial charge in [0, 0.05) is 28.1 Å². The molecule has 4 aromatic rings. The molecule has 200 valence electrons. The zero-order valence-electron chi connectivity index (χ0n) is 22.3. The van der Waals surface area contributed by atoms with Crippen LogP contribution in [-0.4, -0.2) is 40.8 Å². The summed E-state index contributed by atoms with van der Waals surface area (Å²) in [6.45, 7) is 8.42. The van der Waals surface area contributed by atoms with Gasteiger partial charge in [-0.25, -0.2) is 15.0 Å². The van der Waals surface area contributed by atoms with Crippen LogP contribution in [0.4, 0.5) is 11.5 Å². The Bertz CT molecular complexity index is 1350. The monoisotopic (exact) mass is 535 g/mol. The van der Waals surface area contributed by atoms with Gasteiger partial charge in [0.15, 0.2) is 11.5 Å². The average Bonchev–Trinajstić information content (AvgIpc) is 2.92. The van der Waals surface area contributed by atoms with Crippen LogP contribution in [0.25, 0.3) is 10.9 Å². The lowest BCUT2D eigenvalue weighted by Gasteiger charge is -2.24. The summed E-state index contributed by atoms with van der Waals surface area (Å²) in [5, 5.41) is 8.35. The van der Waals surface area contributed by atoms with E-state index in [1.54, 1.807) is 19.4 Å². The van der Waals surface area contributed by atoms with Gasteiger partial charge in [0.2, 0.25) is 5.88 Å². The van der Waals surface area contributed by atoms with Gasteiger partial charge in [-0.3, -0.25) is 0 Å². The highest BCUT2D eigenvalue weighted by atomic mass is 35.5. The summed E-state index contributed by atoms with van der Waals surface area (Å²) in [4.78, 5) is 13.3. The fourth-order valence-corrected chi connectivity index (χ4v) is 3.92. The topological polar surface area (TPSA) is 90.4 Å². The third-order valence-corrected chi connectivity index (χ3v) is 6.50. The molecule has 0 bridgehead atoms. The second-order valence-corrected chi connectivity index (χ2v) is 9.97. The SMILES string of the molecule is CCC(C)(C)NCCCOc1cc2ncnc(Nc3ccc(OCc4cccc(Cl)c4)nc3)c2cc1OC. The van der Waals surface area contributed by atoms with E-state index in [0.29, 0.717) is 41.4 Å². The predicted octanol–water partition coefficient (Wildman–Crippen LogP) is 6.56. The normalized spacial score (nSPS) is 11.4. The van der Waals surface area contributed by atoms with E-state index >= 15 is 0 Å². The van der Waals surface area contributed by atoms with E-state index in [0.717, 1.165) is 41.5 Å². The van der Waals surface area contributed by atoms with Gasteiger partial charge in [-0.1, -0.05) is 30.7 Å². The highest BCUT2D eigenvalue weighted by Crippen LogP contribution is 2.35. The summed E-state index contributed by atoms with van der Waals surface area (Å²) in [6.07, 6.45) is 5.17. The molecule has 0 saturated heterocycles. The molecule has 0 amide bonds. The number of nitrogens with one attached hydrogen (secondary N) is 2. The number of hydrogen-bond acceptors (Lipinski definition) is 8. The second-order valence-electron chi connectivity index (χ2n) is 9.54. The van der Waals surface area contributed by atoms with Crippen molar-refractivity contribution >= 4 is 34.0 Å². The van der Waals surface area contributed by atoms with Crippen LogP contribution in [0, 0.1) is 0 Å². The molecule has 0 radical (unpaired) electrons. The Morgan fingerprint density at radius 3 is 2.58 bits per heavy atom. The van der Waals surface area contributed by atoms with Crippen molar-refractivity contribution in [2.24, 2.45) is 0 Å². The number of hydrogen-bond donors (Lipinski definition) is 2. The van der Waals surface area contributed by atoms with Gasteiger partial charge in [-0.15, -0.1) is 0 Å². The first-order valence-electron chi connectivity index (χ1n) is 12.7. The summed E-state index contributed by atoms with van der Waals surface area (Å²) >= 11 is 6.04. The van der Waals surface area contributed by atoms with Crippen molar-refractivity contribution in [2.75, 3.05) is 25.6 Å². The maximum absolute atomic E-state index is 6.04. The molecule has 0 fully saturated rings. The van der Waals surface area contributed by atoms with Crippen LogP contribution in [0.1, 0.15) is 39.2 Å². The molecule has 2 aromatic heterocycles. The smallest absolute Gasteiger partial charge is 0.213 e. The van der Waals surface area contributed by atoms with Crippen molar-refractivity contribution in [3.63, 3.8) is 0 Å². The quantitative estimate of drug-likeness (QED) is 0.186. The number of methoxy groups -OCH3 is 1. The standard InChI is InChI=1S/C29H34ClN5O3/c1-5-29(2,3)34-12-7-13-37-26-16-24-23(15-25(26)36-4)28(33-19-32-24)35-22-10-11-27(31-17-22)38-18-20-8-6-9-21(30)14-20/h6,8-11,14-17,19,34H,5,7,12-13,18H2,1-4H3,(H,32,33,35). The lowest BCUT2D eigenvalue weighted by Crippen LogP contribution is -2.39. The molecular formula is C29H34ClN5O3. The third-order valence-electron chi connectivity index (χ3n) is 6.26. The van der Waals surface area contributed by atoms with Gasteiger partial charge in [-0.2, -0.15) is 0 Å². The predicted molar refractivity (Wildman–Crippen MR) is 152 cm³/mol. The zero-order valence-corrected chi connectivity index (χ0v) is 23.0. The molecule has 0 aliphatic carbocycles. The van der Waals surface area contributed by atoms with Crippen molar-refractivity contribution in [3.05, 3.63) is 71.6 Å². The number of pyridine rings is 1. The number of rotatable bonds is 13. The van der Waals surface area contributed by atoms with Crippen molar-refractivity contribution in [1.29, 1.82) is 0 Å². The van der Waals surface area contributed by atoms with Crippen LogP contribution in [0.2, 0.25) is 5.02 Å². The highest BCUT2D eigenvalue weighted by Gasteiger charge is 2.14. The molecule has 0 unspecified atom stereocenters. The Labute approximate surface area is 228 Å². The fraction of sp³-hybridized carbons (Fsp3) is 0.345. The molecule has 2 heterocycles. The number of nitrogens with zero attached hydrogens (tertiary/aromatic N) is 3. The first-order chi connectivity index (χ1) is 18.4. The van der Waals surface area contributed by atoms with E-state index in [-0.39, 0.29) is 5.54 Å².